The second-order valence-corrected chi connectivity index (χ2v) is 9.05. The van der Waals surface area contributed by atoms with Crippen LogP contribution in [0.2, 0.25) is 10.0 Å². The van der Waals surface area contributed by atoms with Gasteiger partial charge in [0.15, 0.2) is 5.17 Å². The van der Waals surface area contributed by atoms with Gasteiger partial charge in [0, 0.05) is 26.8 Å². The number of aliphatic imine (C=N–C) groups is 1. The number of carbonyl (C=O) groups excluding carboxylic acids is 1. The summed E-state index contributed by atoms with van der Waals surface area (Å²) in [4.78, 5) is 21.5. The van der Waals surface area contributed by atoms with Crippen LogP contribution in [0.4, 0.5) is 5.69 Å². The second kappa shape index (κ2) is 8.13. The van der Waals surface area contributed by atoms with Crippen LogP contribution in [0, 0.1) is 0 Å². The summed E-state index contributed by atoms with van der Waals surface area (Å²) in [7, 11) is 1.73. The first kappa shape index (κ1) is 19.3. The van der Waals surface area contributed by atoms with Gasteiger partial charge >= 0.3 is 0 Å². The highest BCUT2D eigenvalue weighted by atomic mass is 35.5. The lowest BCUT2D eigenvalue weighted by molar-refractivity contribution is -0.121. The SMILES string of the molecule is CN1C(=O)/C(=C/c2ccc(-c3ccc(Cl)cc3)s2)SC1=Nc1ccc(Cl)cc1. The van der Waals surface area contributed by atoms with Crippen molar-refractivity contribution in [3.05, 3.63) is 80.5 Å². The van der Waals surface area contributed by atoms with E-state index in [0.29, 0.717) is 20.1 Å². The molecule has 7 heteroatoms. The Balaban J connectivity index is 1.57. The van der Waals surface area contributed by atoms with E-state index in [9.17, 15) is 4.79 Å². The first-order valence-electron chi connectivity index (χ1n) is 8.37. The predicted octanol–water partition coefficient (Wildman–Crippen LogP) is 6.96. The number of halogens is 2. The zero-order valence-electron chi connectivity index (χ0n) is 14.7. The molecule has 2 aromatic carbocycles. The molecule has 1 fully saturated rings. The minimum absolute atomic E-state index is 0.0563. The van der Waals surface area contributed by atoms with Crippen LogP contribution in [0.5, 0.6) is 0 Å². The van der Waals surface area contributed by atoms with E-state index in [0.717, 1.165) is 21.0 Å². The molecule has 0 bridgehead atoms. The molecule has 140 valence electrons. The van der Waals surface area contributed by atoms with E-state index in [2.05, 4.69) is 11.1 Å². The van der Waals surface area contributed by atoms with Crippen LogP contribution in [0.25, 0.3) is 16.5 Å². The monoisotopic (exact) mass is 444 g/mol. The molecule has 0 spiro atoms. The van der Waals surface area contributed by atoms with Gasteiger partial charge in [0.25, 0.3) is 5.91 Å². The van der Waals surface area contributed by atoms with E-state index in [1.807, 2.05) is 48.5 Å². The molecule has 1 saturated heterocycles. The normalized spacial score (nSPS) is 17.1. The lowest BCUT2D eigenvalue weighted by atomic mass is 10.2. The number of hydrogen-bond donors (Lipinski definition) is 0. The number of rotatable bonds is 3. The summed E-state index contributed by atoms with van der Waals surface area (Å²) in [5, 5.41) is 2.02. The number of amidine groups is 1. The predicted molar refractivity (Wildman–Crippen MR) is 122 cm³/mol. The molecule has 4 rings (SSSR count). The van der Waals surface area contributed by atoms with Gasteiger partial charge in [-0.3, -0.25) is 9.69 Å². The van der Waals surface area contributed by atoms with Gasteiger partial charge < -0.3 is 0 Å². The average molecular weight is 445 g/mol. The Hall–Kier alpha value is -2.05. The third kappa shape index (κ3) is 4.18. The smallest absolute Gasteiger partial charge is 0.266 e. The van der Waals surface area contributed by atoms with Crippen molar-refractivity contribution in [1.29, 1.82) is 0 Å². The van der Waals surface area contributed by atoms with Gasteiger partial charge in [0.05, 0.1) is 10.6 Å². The van der Waals surface area contributed by atoms with Gasteiger partial charge in [-0.1, -0.05) is 35.3 Å². The Morgan fingerprint density at radius 1 is 0.929 bits per heavy atom. The molecule has 1 amide bonds. The van der Waals surface area contributed by atoms with E-state index in [-0.39, 0.29) is 5.91 Å². The van der Waals surface area contributed by atoms with Gasteiger partial charge in [-0.05, 0) is 71.9 Å². The standard InChI is InChI=1S/C21H14Cl2N2OS2/c1-25-20(26)19(28-21(25)24-16-8-6-15(23)7-9-16)12-17-10-11-18(27-17)13-2-4-14(22)5-3-13/h2-12H,1H3/b19-12-,24-21?. The Morgan fingerprint density at radius 2 is 1.57 bits per heavy atom. The fraction of sp³-hybridized carbons (Fsp3) is 0.0476. The number of thioether (sulfide) groups is 1. The van der Waals surface area contributed by atoms with E-state index < -0.39 is 0 Å². The highest BCUT2D eigenvalue weighted by molar-refractivity contribution is 8.18. The van der Waals surface area contributed by atoms with Crippen molar-refractivity contribution in [2.24, 2.45) is 4.99 Å². The Labute approximate surface area is 181 Å². The van der Waals surface area contributed by atoms with Crippen molar-refractivity contribution >= 4 is 69.1 Å². The first-order valence-corrected chi connectivity index (χ1v) is 10.8. The van der Waals surface area contributed by atoms with Gasteiger partial charge in [-0.25, -0.2) is 4.99 Å². The second-order valence-electron chi connectivity index (χ2n) is 6.05. The lowest BCUT2D eigenvalue weighted by Crippen LogP contribution is -2.23. The summed E-state index contributed by atoms with van der Waals surface area (Å²) >= 11 is 14.9. The number of amides is 1. The van der Waals surface area contributed by atoms with Crippen LogP contribution in [-0.2, 0) is 4.79 Å². The van der Waals surface area contributed by atoms with Crippen molar-refractivity contribution in [2.75, 3.05) is 7.05 Å². The molecule has 0 N–H and O–H groups in total. The lowest BCUT2D eigenvalue weighted by Gasteiger charge is -2.06. The highest BCUT2D eigenvalue weighted by Gasteiger charge is 2.30. The molecule has 0 aliphatic carbocycles. The van der Waals surface area contributed by atoms with Gasteiger partial charge in [-0.2, -0.15) is 0 Å². The number of thiophene rings is 1. The summed E-state index contributed by atoms with van der Waals surface area (Å²) in [6.45, 7) is 0. The molecule has 1 aromatic heterocycles. The highest BCUT2D eigenvalue weighted by Crippen LogP contribution is 2.36. The Bertz CT molecular complexity index is 1090. The van der Waals surface area contributed by atoms with Crippen molar-refractivity contribution in [3.63, 3.8) is 0 Å². The molecule has 3 aromatic rings. The maximum absolute atomic E-state index is 12.6. The number of nitrogens with zero attached hydrogens (tertiary/aromatic N) is 2. The minimum atomic E-state index is -0.0563. The number of carbonyl (C=O) groups is 1. The van der Waals surface area contributed by atoms with Crippen molar-refractivity contribution in [3.8, 4) is 10.4 Å². The number of likely N-dealkylation sites (N-methyl/N-ethyl adjacent to an activating group) is 1. The first-order chi connectivity index (χ1) is 13.5. The minimum Gasteiger partial charge on any atom is -0.290 e. The number of hydrogen-bond acceptors (Lipinski definition) is 4. The topological polar surface area (TPSA) is 32.7 Å². The molecule has 2 heterocycles. The van der Waals surface area contributed by atoms with E-state index in [1.165, 1.54) is 11.8 Å². The van der Waals surface area contributed by atoms with E-state index in [1.54, 1.807) is 35.4 Å². The maximum atomic E-state index is 12.6. The fourth-order valence-electron chi connectivity index (χ4n) is 2.61. The molecule has 0 atom stereocenters. The number of benzene rings is 2. The largest absolute Gasteiger partial charge is 0.290 e. The van der Waals surface area contributed by atoms with Crippen LogP contribution in [-0.4, -0.2) is 23.0 Å². The van der Waals surface area contributed by atoms with Crippen molar-refractivity contribution in [2.45, 2.75) is 0 Å². The Kier molecular flexibility index (Phi) is 5.60. The maximum Gasteiger partial charge on any atom is 0.266 e. The average Bonchev–Trinajstić information content (AvgIpc) is 3.25. The summed E-state index contributed by atoms with van der Waals surface area (Å²) in [5.41, 5.74) is 1.86. The molecule has 28 heavy (non-hydrogen) atoms. The van der Waals surface area contributed by atoms with Crippen LogP contribution in [0.15, 0.2) is 70.6 Å². The van der Waals surface area contributed by atoms with Crippen molar-refractivity contribution < 1.29 is 4.79 Å². The molecule has 3 nitrogen and oxygen atoms in total. The van der Waals surface area contributed by atoms with Gasteiger partial charge in [-0.15, -0.1) is 11.3 Å². The van der Waals surface area contributed by atoms with Crippen molar-refractivity contribution in [1.82, 2.24) is 4.90 Å². The summed E-state index contributed by atoms with van der Waals surface area (Å²) in [6.07, 6.45) is 1.91. The van der Waals surface area contributed by atoms with Crippen LogP contribution >= 0.6 is 46.3 Å². The van der Waals surface area contributed by atoms with Gasteiger partial charge in [0.1, 0.15) is 0 Å². The molecule has 0 unspecified atom stereocenters. The summed E-state index contributed by atoms with van der Waals surface area (Å²) in [5.74, 6) is -0.0563. The molecule has 1 aliphatic rings. The summed E-state index contributed by atoms with van der Waals surface area (Å²) < 4.78 is 0. The third-order valence-electron chi connectivity index (χ3n) is 4.08. The van der Waals surface area contributed by atoms with Crippen LogP contribution < -0.4 is 0 Å². The third-order valence-corrected chi connectivity index (χ3v) is 6.73. The van der Waals surface area contributed by atoms with Crippen LogP contribution in [0.3, 0.4) is 0 Å². The molecular weight excluding hydrogens is 431 g/mol. The van der Waals surface area contributed by atoms with E-state index in [4.69, 9.17) is 23.2 Å². The molecule has 0 radical (unpaired) electrons. The molecular formula is C21H14Cl2N2OS2. The fourth-order valence-corrected chi connectivity index (χ4v) is 4.87. The van der Waals surface area contributed by atoms with Crippen LogP contribution in [0.1, 0.15) is 4.88 Å². The zero-order chi connectivity index (χ0) is 19.7. The van der Waals surface area contributed by atoms with E-state index >= 15 is 0 Å². The quantitative estimate of drug-likeness (QED) is 0.409. The van der Waals surface area contributed by atoms with Gasteiger partial charge in [0.2, 0.25) is 0 Å². The zero-order valence-corrected chi connectivity index (χ0v) is 17.9. The Morgan fingerprint density at radius 3 is 2.25 bits per heavy atom. The summed E-state index contributed by atoms with van der Waals surface area (Å²) in [6, 6.07) is 19.0. The molecule has 1 aliphatic heterocycles. The molecule has 0 saturated carbocycles.